The van der Waals surface area contributed by atoms with Crippen LogP contribution in [0.25, 0.3) is 0 Å². The van der Waals surface area contributed by atoms with Gasteiger partial charge in [-0.15, -0.1) is 0 Å². The molecule has 0 saturated heterocycles. The molecule has 0 bridgehead atoms. The van der Waals surface area contributed by atoms with Gasteiger partial charge in [0.25, 0.3) is 0 Å². The van der Waals surface area contributed by atoms with Crippen molar-refractivity contribution in [3.05, 3.63) is 29.3 Å². The smallest absolute Gasteiger partial charge is 0.119 e. The number of hydrogen-bond donors (Lipinski definition) is 1. The van der Waals surface area contributed by atoms with E-state index in [2.05, 4.69) is 23.1 Å². The van der Waals surface area contributed by atoms with Crippen LogP contribution in [0.2, 0.25) is 0 Å². The fraction of sp³-hybridized carbons (Fsp3) is 0.625. The van der Waals surface area contributed by atoms with Crippen LogP contribution >= 0.6 is 0 Å². The average molecular weight is 261 g/mol. The van der Waals surface area contributed by atoms with Gasteiger partial charge in [-0.3, -0.25) is 4.90 Å². The van der Waals surface area contributed by atoms with Crippen LogP contribution in [0.15, 0.2) is 18.2 Å². The van der Waals surface area contributed by atoms with E-state index in [-0.39, 0.29) is 6.10 Å². The maximum Gasteiger partial charge on any atom is 0.119 e. The first kappa shape index (κ1) is 12.9. The highest BCUT2D eigenvalue weighted by Crippen LogP contribution is 2.29. The van der Waals surface area contributed by atoms with Gasteiger partial charge in [0.2, 0.25) is 0 Å². The van der Waals surface area contributed by atoms with Crippen LogP contribution in [0.1, 0.15) is 36.8 Å². The Hall–Kier alpha value is -1.06. The number of ether oxygens (including phenoxy) is 1. The van der Waals surface area contributed by atoms with Gasteiger partial charge in [0.05, 0.1) is 13.2 Å². The van der Waals surface area contributed by atoms with Crippen molar-refractivity contribution >= 4 is 0 Å². The molecule has 0 radical (unpaired) electrons. The number of benzene rings is 1. The number of hydrogen-bond acceptors (Lipinski definition) is 3. The molecule has 1 aromatic rings. The summed E-state index contributed by atoms with van der Waals surface area (Å²) in [6.45, 7) is 2.13. The molecule has 1 fully saturated rings. The van der Waals surface area contributed by atoms with E-state index >= 15 is 0 Å². The average Bonchev–Trinajstić information content (AvgIpc) is 2.46. The van der Waals surface area contributed by atoms with Crippen molar-refractivity contribution in [2.45, 2.75) is 50.8 Å². The molecule has 2 atom stereocenters. The van der Waals surface area contributed by atoms with Crippen LogP contribution in [0.3, 0.4) is 0 Å². The van der Waals surface area contributed by atoms with E-state index in [4.69, 9.17) is 4.74 Å². The molecule has 104 valence electrons. The Morgan fingerprint density at radius 3 is 2.95 bits per heavy atom. The zero-order chi connectivity index (χ0) is 13.2. The molecule has 0 spiro atoms. The third-order valence-corrected chi connectivity index (χ3v) is 4.59. The lowest BCUT2D eigenvalue weighted by molar-refractivity contribution is 0.0556. The first-order chi connectivity index (χ1) is 9.26. The SMILES string of the molecule is COc1ccc2c(c1)CCN([C@H]1CCC[C@H](O)C1)C2. The van der Waals surface area contributed by atoms with Crippen LogP contribution < -0.4 is 4.74 Å². The number of aliphatic hydroxyl groups excluding tert-OH is 1. The zero-order valence-corrected chi connectivity index (χ0v) is 11.6. The Balaban J connectivity index is 1.71. The summed E-state index contributed by atoms with van der Waals surface area (Å²) in [6, 6.07) is 6.99. The second-order valence-electron chi connectivity index (χ2n) is 5.83. The normalized spacial score (nSPS) is 27.9. The highest BCUT2D eigenvalue weighted by atomic mass is 16.5. The molecule has 1 aromatic carbocycles. The molecule has 3 nitrogen and oxygen atoms in total. The summed E-state index contributed by atoms with van der Waals surface area (Å²) >= 11 is 0. The van der Waals surface area contributed by atoms with Crippen molar-refractivity contribution in [2.75, 3.05) is 13.7 Å². The third kappa shape index (κ3) is 2.77. The Morgan fingerprint density at radius 1 is 1.26 bits per heavy atom. The van der Waals surface area contributed by atoms with Gasteiger partial charge in [0.1, 0.15) is 5.75 Å². The van der Waals surface area contributed by atoms with Crippen molar-refractivity contribution in [3.8, 4) is 5.75 Å². The minimum Gasteiger partial charge on any atom is -0.497 e. The van der Waals surface area contributed by atoms with E-state index in [9.17, 15) is 5.11 Å². The minimum absolute atomic E-state index is 0.0870. The number of nitrogens with zero attached hydrogens (tertiary/aromatic N) is 1. The predicted octanol–water partition coefficient (Wildman–Crippen LogP) is 2.36. The zero-order valence-electron chi connectivity index (χ0n) is 11.6. The van der Waals surface area contributed by atoms with Crippen LogP contribution in [0, 0.1) is 0 Å². The number of fused-ring (bicyclic) bond motifs is 1. The fourth-order valence-electron chi connectivity index (χ4n) is 3.46. The quantitative estimate of drug-likeness (QED) is 0.887. The van der Waals surface area contributed by atoms with Crippen molar-refractivity contribution in [1.82, 2.24) is 4.90 Å². The molecular weight excluding hydrogens is 238 g/mol. The van der Waals surface area contributed by atoms with Crippen LogP contribution in [-0.2, 0) is 13.0 Å². The molecule has 3 heteroatoms. The summed E-state index contributed by atoms with van der Waals surface area (Å²) in [5.74, 6) is 0.959. The van der Waals surface area contributed by atoms with Crippen molar-refractivity contribution < 1.29 is 9.84 Å². The molecule has 1 aliphatic carbocycles. The summed E-state index contributed by atoms with van der Waals surface area (Å²) in [6.07, 6.45) is 5.35. The lowest BCUT2D eigenvalue weighted by Crippen LogP contribution is -2.42. The van der Waals surface area contributed by atoms with Gasteiger partial charge < -0.3 is 9.84 Å². The van der Waals surface area contributed by atoms with E-state index in [1.807, 2.05) is 0 Å². The molecule has 1 heterocycles. The maximum atomic E-state index is 9.83. The lowest BCUT2D eigenvalue weighted by atomic mass is 9.89. The van der Waals surface area contributed by atoms with Crippen LogP contribution in [-0.4, -0.2) is 35.8 Å². The number of aliphatic hydroxyl groups is 1. The van der Waals surface area contributed by atoms with Gasteiger partial charge in [-0.2, -0.15) is 0 Å². The Labute approximate surface area is 115 Å². The highest BCUT2D eigenvalue weighted by Gasteiger charge is 2.28. The Morgan fingerprint density at radius 2 is 2.16 bits per heavy atom. The molecule has 1 aliphatic heterocycles. The van der Waals surface area contributed by atoms with E-state index in [1.54, 1.807) is 7.11 Å². The number of methoxy groups -OCH3 is 1. The molecule has 3 rings (SSSR count). The van der Waals surface area contributed by atoms with Gasteiger partial charge in [-0.05, 0) is 55.4 Å². The van der Waals surface area contributed by atoms with E-state index in [0.717, 1.165) is 44.5 Å². The standard InChI is InChI=1S/C16H23NO2/c1-19-16-6-5-13-11-17(8-7-12(13)9-16)14-3-2-4-15(18)10-14/h5-6,9,14-15,18H,2-4,7-8,10-11H2,1H3/t14-,15-/m0/s1. The molecular formula is C16H23NO2. The molecule has 0 unspecified atom stereocenters. The van der Waals surface area contributed by atoms with Crippen molar-refractivity contribution in [2.24, 2.45) is 0 Å². The van der Waals surface area contributed by atoms with Gasteiger partial charge in [-0.25, -0.2) is 0 Å². The van der Waals surface area contributed by atoms with Crippen LogP contribution in [0.5, 0.6) is 5.75 Å². The van der Waals surface area contributed by atoms with E-state index in [1.165, 1.54) is 17.5 Å². The molecule has 19 heavy (non-hydrogen) atoms. The predicted molar refractivity (Wildman–Crippen MR) is 75.4 cm³/mol. The first-order valence-corrected chi connectivity index (χ1v) is 7.34. The van der Waals surface area contributed by atoms with Crippen LogP contribution in [0.4, 0.5) is 0 Å². The van der Waals surface area contributed by atoms with E-state index in [0.29, 0.717) is 6.04 Å². The van der Waals surface area contributed by atoms with Gasteiger partial charge in [0.15, 0.2) is 0 Å². The summed E-state index contributed by atoms with van der Waals surface area (Å²) in [7, 11) is 1.72. The second-order valence-corrected chi connectivity index (χ2v) is 5.83. The molecule has 0 aromatic heterocycles. The first-order valence-electron chi connectivity index (χ1n) is 7.34. The monoisotopic (exact) mass is 261 g/mol. The molecule has 1 saturated carbocycles. The maximum absolute atomic E-state index is 9.83. The summed E-state index contributed by atoms with van der Waals surface area (Å²) in [4.78, 5) is 2.55. The Kier molecular flexibility index (Phi) is 3.76. The minimum atomic E-state index is -0.0870. The largest absolute Gasteiger partial charge is 0.497 e. The molecule has 1 N–H and O–H groups in total. The topological polar surface area (TPSA) is 32.7 Å². The summed E-state index contributed by atoms with van der Waals surface area (Å²) < 4.78 is 5.29. The fourth-order valence-corrected chi connectivity index (χ4v) is 3.46. The molecule has 2 aliphatic rings. The van der Waals surface area contributed by atoms with Gasteiger partial charge in [0, 0.05) is 19.1 Å². The van der Waals surface area contributed by atoms with E-state index < -0.39 is 0 Å². The Bertz CT molecular complexity index is 446. The lowest BCUT2D eigenvalue weighted by Gasteiger charge is -2.39. The van der Waals surface area contributed by atoms with Crippen molar-refractivity contribution in [3.63, 3.8) is 0 Å². The number of rotatable bonds is 2. The molecule has 0 amide bonds. The third-order valence-electron chi connectivity index (χ3n) is 4.59. The second kappa shape index (κ2) is 5.51. The summed E-state index contributed by atoms with van der Waals surface area (Å²) in [5.41, 5.74) is 2.85. The summed E-state index contributed by atoms with van der Waals surface area (Å²) in [5, 5.41) is 9.83. The van der Waals surface area contributed by atoms with Gasteiger partial charge >= 0.3 is 0 Å². The highest BCUT2D eigenvalue weighted by molar-refractivity contribution is 5.37. The van der Waals surface area contributed by atoms with Gasteiger partial charge in [-0.1, -0.05) is 6.07 Å². The van der Waals surface area contributed by atoms with Crippen molar-refractivity contribution in [1.29, 1.82) is 0 Å².